The molecule has 0 aliphatic rings. The highest BCUT2D eigenvalue weighted by Crippen LogP contribution is 2.18. The number of ether oxygens (including phenoxy) is 1. The molecule has 0 saturated heterocycles. The van der Waals surface area contributed by atoms with E-state index in [0.717, 1.165) is 27.8 Å². The summed E-state index contributed by atoms with van der Waals surface area (Å²) in [6.07, 6.45) is 4.30. The molecule has 1 heterocycles. The average molecular weight is 391 g/mol. The third kappa shape index (κ3) is 5.48. The van der Waals surface area contributed by atoms with Crippen molar-refractivity contribution in [1.29, 1.82) is 0 Å². The molecule has 0 aliphatic heterocycles. The van der Waals surface area contributed by atoms with E-state index in [1.54, 1.807) is 6.08 Å². The zero-order valence-corrected chi connectivity index (χ0v) is 16.6. The number of benzene rings is 2. The van der Waals surface area contributed by atoms with Gasteiger partial charge in [0.2, 0.25) is 5.91 Å². The Labute approximate surface area is 170 Å². The minimum Gasteiger partial charge on any atom is -0.494 e. The lowest BCUT2D eigenvalue weighted by molar-refractivity contribution is -0.122. The molecule has 0 aliphatic carbocycles. The number of carbonyl (C=O) groups is 2. The van der Waals surface area contributed by atoms with E-state index < -0.39 is 0 Å². The normalized spacial score (nSPS) is 11.3. The maximum atomic E-state index is 12.6. The van der Waals surface area contributed by atoms with Gasteiger partial charge < -0.3 is 20.4 Å². The van der Waals surface area contributed by atoms with Crippen LogP contribution in [-0.4, -0.2) is 29.9 Å². The lowest BCUT2D eigenvalue weighted by atomic mass is 10.1. The zero-order chi connectivity index (χ0) is 20.6. The summed E-state index contributed by atoms with van der Waals surface area (Å²) in [5.41, 5.74) is 3.21. The summed E-state index contributed by atoms with van der Waals surface area (Å²) in [5, 5.41) is 6.64. The summed E-state index contributed by atoms with van der Waals surface area (Å²) in [4.78, 5) is 27.4. The molecule has 29 heavy (non-hydrogen) atoms. The van der Waals surface area contributed by atoms with Crippen LogP contribution in [0.2, 0.25) is 0 Å². The predicted octanol–water partition coefficient (Wildman–Crippen LogP) is 3.40. The summed E-state index contributed by atoms with van der Waals surface area (Å²) in [6.45, 7) is 4.35. The monoisotopic (exact) mass is 391 g/mol. The van der Waals surface area contributed by atoms with Gasteiger partial charge in [0.05, 0.1) is 6.61 Å². The van der Waals surface area contributed by atoms with Crippen LogP contribution < -0.4 is 15.4 Å². The van der Waals surface area contributed by atoms with E-state index in [-0.39, 0.29) is 17.5 Å². The van der Waals surface area contributed by atoms with Gasteiger partial charge in [-0.25, -0.2) is 0 Å². The van der Waals surface area contributed by atoms with Gasteiger partial charge in [-0.2, -0.15) is 0 Å². The Morgan fingerprint density at radius 1 is 1.10 bits per heavy atom. The summed E-state index contributed by atoms with van der Waals surface area (Å²) >= 11 is 0. The van der Waals surface area contributed by atoms with Crippen LogP contribution in [0, 0.1) is 0 Å². The minimum atomic E-state index is -0.325. The van der Waals surface area contributed by atoms with Gasteiger partial charge in [0, 0.05) is 30.6 Å². The van der Waals surface area contributed by atoms with E-state index in [9.17, 15) is 9.59 Å². The van der Waals surface area contributed by atoms with Gasteiger partial charge in [0.15, 0.2) is 0 Å². The minimum absolute atomic E-state index is 0.209. The molecule has 0 saturated carbocycles. The topological polar surface area (TPSA) is 83.2 Å². The third-order valence-electron chi connectivity index (χ3n) is 4.41. The first-order valence-corrected chi connectivity index (χ1v) is 9.62. The Balaban J connectivity index is 1.66. The number of amides is 2. The van der Waals surface area contributed by atoms with Gasteiger partial charge in [0.1, 0.15) is 11.4 Å². The summed E-state index contributed by atoms with van der Waals surface area (Å²) in [6, 6.07) is 15.4. The van der Waals surface area contributed by atoms with Crippen LogP contribution >= 0.6 is 0 Å². The van der Waals surface area contributed by atoms with Crippen molar-refractivity contribution in [2.75, 3.05) is 13.2 Å². The number of carbonyl (C=O) groups excluding carboxylic acids is 2. The molecule has 0 fully saturated rings. The van der Waals surface area contributed by atoms with Crippen LogP contribution in [0.25, 0.3) is 17.0 Å². The van der Waals surface area contributed by atoms with Crippen LogP contribution in [-0.2, 0) is 16.0 Å². The van der Waals surface area contributed by atoms with Crippen LogP contribution in [0.1, 0.15) is 25.0 Å². The molecule has 0 unspecified atom stereocenters. The fourth-order valence-corrected chi connectivity index (χ4v) is 3.09. The van der Waals surface area contributed by atoms with Crippen molar-refractivity contribution in [3.8, 4) is 5.75 Å². The number of nitrogens with one attached hydrogen (secondary N) is 3. The van der Waals surface area contributed by atoms with Crippen molar-refractivity contribution < 1.29 is 14.3 Å². The van der Waals surface area contributed by atoms with Gasteiger partial charge in [-0.15, -0.1) is 0 Å². The van der Waals surface area contributed by atoms with Crippen LogP contribution in [0.5, 0.6) is 5.75 Å². The third-order valence-corrected chi connectivity index (χ3v) is 4.41. The Bertz CT molecular complexity index is 1020. The Hall–Kier alpha value is -3.54. The maximum Gasteiger partial charge on any atom is 0.267 e. The van der Waals surface area contributed by atoms with Gasteiger partial charge in [0.25, 0.3) is 5.91 Å². The van der Waals surface area contributed by atoms with E-state index in [2.05, 4.69) is 21.7 Å². The first kappa shape index (κ1) is 20.2. The zero-order valence-electron chi connectivity index (χ0n) is 16.6. The van der Waals surface area contributed by atoms with E-state index in [1.165, 1.54) is 6.92 Å². The van der Waals surface area contributed by atoms with Crippen molar-refractivity contribution in [3.63, 3.8) is 0 Å². The molecule has 3 aromatic rings. The lowest BCUT2D eigenvalue weighted by Gasteiger charge is -2.10. The second-order valence-corrected chi connectivity index (χ2v) is 6.61. The molecule has 6 nitrogen and oxygen atoms in total. The number of aromatic nitrogens is 1. The molecule has 0 atom stereocenters. The molecule has 0 radical (unpaired) electrons. The van der Waals surface area contributed by atoms with E-state index in [4.69, 9.17) is 4.74 Å². The summed E-state index contributed by atoms with van der Waals surface area (Å²) < 4.78 is 5.42. The molecule has 3 N–H and O–H groups in total. The molecule has 0 bridgehead atoms. The summed E-state index contributed by atoms with van der Waals surface area (Å²) in [7, 11) is 0. The van der Waals surface area contributed by atoms with Crippen molar-refractivity contribution >= 4 is 28.8 Å². The lowest BCUT2D eigenvalue weighted by Crippen LogP contribution is -2.34. The highest BCUT2D eigenvalue weighted by Gasteiger charge is 2.11. The Morgan fingerprint density at radius 3 is 2.59 bits per heavy atom. The fourth-order valence-electron chi connectivity index (χ4n) is 3.09. The van der Waals surface area contributed by atoms with Crippen LogP contribution in [0.15, 0.2) is 60.4 Å². The first-order valence-electron chi connectivity index (χ1n) is 9.62. The van der Waals surface area contributed by atoms with Crippen LogP contribution in [0.3, 0.4) is 0 Å². The SMILES string of the molecule is CCOc1ccc(C=C(NC(C)=O)C(=O)NCCc2c[nH]c3ccccc23)cc1. The van der Waals surface area contributed by atoms with E-state index >= 15 is 0 Å². The second-order valence-electron chi connectivity index (χ2n) is 6.61. The number of fused-ring (bicyclic) bond motifs is 1. The smallest absolute Gasteiger partial charge is 0.267 e. The highest BCUT2D eigenvalue weighted by atomic mass is 16.5. The number of hydrogen-bond donors (Lipinski definition) is 3. The summed E-state index contributed by atoms with van der Waals surface area (Å²) in [5.74, 6) is 0.136. The Kier molecular flexibility index (Phi) is 6.68. The maximum absolute atomic E-state index is 12.6. The highest BCUT2D eigenvalue weighted by molar-refractivity contribution is 6.00. The van der Waals surface area contributed by atoms with E-state index in [0.29, 0.717) is 19.6 Å². The van der Waals surface area contributed by atoms with Gasteiger partial charge in [-0.3, -0.25) is 9.59 Å². The van der Waals surface area contributed by atoms with E-state index in [1.807, 2.05) is 55.6 Å². The van der Waals surface area contributed by atoms with Gasteiger partial charge >= 0.3 is 0 Å². The average Bonchev–Trinajstić information content (AvgIpc) is 3.12. The Morgan fingerprint density at radius 2 is 1.86 bits per heavy atom. The molecule has 6 heteroatoms. The largest absolute Gasteiger partial charge is 0.494 e. The van der Waals surface area contributed by atoms with Crippen molar-refractivity contribution in [3.05, 3.63) is 71.6 Å². The number of hydrogen-bond acceptors (Lipinski definition) is 3. The molecule has 3 rings (SSSR count). The molecule has 0 spiro atoms. The molecule has 1 aromatic heterocycles. The molecular weight excluding hydrogens is 366 g/mol. The fraction of sp³-hybridized carbons (Fsp3) is 0.217. The number of H-pyrrole nitrogens is 1. The molecule has 2 amide bonds. The quantitative estimate of drug-likeness (QED) is 0.515. The predicted molar refractivity (Wildman–Crippen MR) is 114 cm³/mol. The van der Waals surface area contributed by atoms with Crippen LogP contribution in [0.4, 0.5) is 0 Å². The van der Waals surface area contributed by atoms with Crippen molar-refractivity contribution in [1.82, 2.24) is 15.6 Å². The molecular formula is C23H25N3O3. The first-order chi connectivity index (χ1) is 14.1. The molecule has 2 aromatic carbocycles. The van der Waals surface area contributed by atoms with Crippen molar-refractivity contribution in [2.24, 2.45) is 0 Å². The van der Waals surface area contributed by atoms with Crippen molar-refractivity contribution in [2.45, 2.75) is 20.3 Å². The standard InChI is InChI=1S/C23H25N3O3/c1-3-29-19-10-8-17(9-11-19)14-22(26-16(2)27)23(28)24-13-12-18-15-25-21-7-5-4-6-20(18)21/h4-11,14-15,25H,3,12-13H2,1-2H3,(H,24,28)(H,26,27). The number of aromatic amines is 1. The van der Waals surface area contributed by atoms with Gasteiger partial charge in [-0.1, -0.05) is 30.3 Å². The molecule has 150 valence electrons. The van der Waals surface area contributed by atoms with Gasteiger partial charge in [-0.05, 0) is 48.7 Å². The number of rotatable bonds is 8. The number of para-hydroxylation sites is 1. The second kappa shape index (κ2) is 9.59.